The van der Waals surface area contributed by atoms with Crippen LogP contribution in [0.3, 0.4) is 0 Å². The first-order valence-corrected chi connectivity index (χ1v) is 12.0. The van der Waals surface area contributed by atoms with Gasteiger partial charge in [0.25, 0.3) is 11.8 Å². The van der Waals surface area contributed by atoms with Crippen molar-refractivity contribution in [3.05, 3.63) is 68.0 Å². The molecule has 2 aromatic heterocycles. The Morgan fingerprint density at radius 3 is 2.72 bits per heavy atom. The van der Waals surface area contributed by atoms with Gasteiger partial charge in [0.2, 0.25) is 6.10 Å². The number of benzene rings is 1. The molecule has 11 nitrogen and oxygen atoms in total. The Morgan fingerprint density at radius 1 is 1.22 bits per heavy atom. The van der Waals surface area contributed by atoms with E-state index in [1.807, 2.05) is 0 Å². The summed E-state index contributed by atoms with van der Waals surface area (Å²) in [5.74, 6) is -0.880. The highest BCUT2D eigenvalue weighted by Crippen LogP contribution is 2.31. The van der Waals surface area contributed by atoms with Crippen LogP contribution in [0.5, 0.6) is 0 Å². The van der Waals surface area contributed by atoms with Gasteiger partial charge in [0.15, 0.2) is 5.82 Å². The third-order valence-electron chi connectivity index (χ3n) is 5.13. The molecular formula is C22H18BrCl2N7O4. The summed E-state index contributed by atoms with van der Waals surface area (Å²) in [7, 11) is 1.38. The van der Waals surface area contributed by atoms with E-state index in [0.29, 0.717) is 37.2 Å². The van der Waals surface area contributed by atoms with Crippen LogP contribution in [0.15, 0.2) is 46.3 Å². The highest BCUT2D eigenvalue weighted by atomic mass is 79.9. The van der Waals surface area contributed by atoms with E-state index >= 15 is 0 Å². The van der Waals surface area contributed by atoms with Crippen LogP contribution in [0.1, 0.15) is 28.0 Å². The molecule has 3 N–H and O–H groups in total. The van der Waals surface area contributed by atoms with E-state index in [1.54, 1.807) is 31.2 Å². The molecule has 1 aliphatic heterocycles. The SMILES string of the molecule is CNC(=O)NC(=O)C1CC(c2cc(Cl)cc(C)c2NC(=O)c2cc(Br)nn2-c2ncccc2Cl)=NO1. The fourth-order valence-corrected chi connectivity index (χ4v) is 4.30. The number of nitrogens with one attached hydrogen (secondary N) is 3. The quantitative estimate of drug-likeness (QED) is 0.410. The van der Waals surface area contributed by atoms with Crippen LogP contribution in [0, 0.1) is 6.92 Å². The number of rotatable bonds is 5. The molecule has 1 atom stereocenters. The van der Waals surface area contributed by atoms with Crippen molar-refractivity contribution in [2.45, 2.75) is 19.4 Å². The maximum atomic E-state index is 13.4. The Kier molecular flexibility index (Phi) is 7.57. The first-order chi connectivity index (χ1) is 17.2. The summed E-state index contributed by atoms with van der Waals surface area (Å²) < 4.78 is 1.73. The van der Waals surface area contributed by atoms with E-state index in [-0.39, 0.29) is 17.9 Å². The second-order valence-corrected chi connectivity index (χ2v) is 9.23. The molecule has 0 fully saturated rings. The zero-order valence-corrected chi connectivity index (χ0v) is 21.9. The lowest BCUT2D eigenvalue weighted by atomic mass is 9.99. The minimum atomic E-state index is -1.02. The fourth-order valence-electron chi connectivity index (χ4n) is 3.45. The van der Waals surface area contributed by atoms with Gasteiger partial charge in [-0.05, 0) is 52.7 Å². The molecule has 4 rings (SSSR count). The summed E-state index contributed by atoms with van der Waals surface area (Å²) in [6.45, 7) is 1.76. The van der Waals surface area contributed by atoms with Gasteiger partial charge in [-0.15, -0.1) is 0 Å². The number of carbonyl (C=O) groups excluding carboxylic acids is 3. The van der Waals surface area contributed by atoms with Crippen LogP contribution in [0.2, 0.25) is 10.0 Å². The molecule has 0 saturated heterocycles. The Bertz CT molecular complexity index is 1410. The van der Waals surface area contributed by atoms with Gasteiger partial charge in [-0.2, -0.15) is 5.10 Å². The van der Waals surface area contributed by atoms with Gasteiger partial charge in [-0.25, -0.2) is 14.5 Å². The minimum Gasteiger partial charge on any atom is -0.382 e. The number of carbonyl (C=O) groups is 3. The molecule has 14 heteroatoms. The van der Waals surface area contributed by atoms with Gasteiger partial charge in [0, 0.05) is 36.3 Å². The molecule has 0 aliphatic carbocycles. The summed E-state index contributed by atoms with van der Waals surface area (Å²) in [4.78, 5) is 46.6. The number of pyridine rings is 1. The summed E-state index contributed by atoms with van der Waals surface area (Å²) in [6, 6.07) is 7.45. The van der Waals surface area contributed by atoms with Crippen molar-refractivity contribution >= 4 is 68.4 Å². The highest BCUT2D eigenvalue weighted by Gasteiger charge is 2.32. The molecule has 4 amide bonds. The molecule has 1 aromatic carbocycles. The monoisotopic (exact) mass is 593 g/mol. The predicted molar refractivity (Wildman–Crippen MR) is 137 cm³/mol. The highest BCUT2D eigenvalue weighted by molar-refractivity contribution is 9.10. The molecule has 0 spiro atoms. The number of aromatic nitrogens is 3. The average Bonchev–Trinajstić information content (AvgIpc) is 3.48. The molecule has 0 bridgehead atoms. The topological polar surface area (TPSA) is 140 Å². The number of aryl methyl sites for hydroxylation is 1. The maximum Gasteiger partial charge on any atom is 0.321 e. The van der Waals surface area contributed by atoms with Gasteiger partial charge >= 0.3 is 6.03 Å². The lowest BCUT2D eigenvalue weighted by Gasteiger charge is -2.15. The van der Waals surface area contributed by atoms with E-state index < -0.39 is 23.9 Å². The summed E-state index contributed by atoms with van der Waals surface area (Å²) >= 11 is 15.8. The van der Waals surface area contributed by atoms with Crippen LogP contribution in [0.25, 0.3) is 5.82 Å². The minimum absolute atomic E-state index is 0.0541. The van der Waals surface area contributed by atoms with Crippen LogP contribution < -0.4 is 16.0 Å². The third kappa shape index (κ3) is 5.35. The van der Waals surface area contributed by atoms with Gasteiger partial charge in [-0.3, -0.25) is 14.9 Å². The number of amides is 4. The number of urea groups is 1. The van der Waals surface area contributed by atoms with Crippen molar-refractivity contribution < 1.29 is 19.2 Å². The Balaban J connectivity index is 1.64. The molecule has 1 unspecified atom stereocenters. The molecule has 3 aromatic rings. The van der Waals surface area contributed by atoms with Crippen LogP contribution in [-0.2, 0) is 9.63 Å². The number of nitrogens with zero attached hydrogens (tertiary/aromatic N) is 4. The van der Waals surface area contributed by atoms with Crippen molar-refractivity contribution in [2.75, 3.05) is 12.4 Å². The van der Waals surface area contributed by atoms with Crippen molar-refractivity contribution in [1.82, 2.24) is 25.4 Å². The summed E-state index contributed by atoms with van der Waals surface area (Å²) in [5, 5.41) is 16.3. The van der Waals surface area contributed by atoms with E-state index in [2.05, 4.69) is 47.1 Å². The molecular weight excluding hydrogens is 577 g/mol. The molecule has 1 aliphatic rings. The standard InChI is InChI=1S/C22H18BrCl2N7O4/c1-10-6-11(24)7-12(14-8-16(36-31-14)21(34)29-22(35)26-2)18(10)28-20(33)15-9-17(23)30-32(15)19-13(25)4-3-5-27-19/h3-7,9,16H,8H2,1-2H3,(H,28,33)(H2,26,29,34,35). The van der Waals surface area contributed by atoms with Crippen LogP contribution in [0.4, 0.5) is 10.5 Å². The third-order valence-corrected chi connectivity index (χ3v) is 6.03. The number of halogens is 3. The molecule has 186 valence electrons. The second-order valence-electron chi connectivity index (χ2n) is 7.58. The van der Waals surface area contributed by atoms with Crippen molar-refractivity contribution in [1.29, 1.82) is 0 Å². The maximum absolute atomic E-state index is 13.4. The zero-order valence-electron chi connectivity index (χ0n) is 18.8. The number of hydrogen-bond donors (Lipinski definition) is 3. The first-order valence-electron chi connectivity index (χ1n) is 10.4. The lowest BCUT2D eigenvalue weighted by Crippen LogP contribution is -2.43. The smallest absolute Gasteiger partial charge is 0.321 e. The van der Waals surface area contributed by atoms with Crippen LogP contribution in [-0.4, -0.2) is 51.5 Å². The van der Waals surface area contributed by atoms with E-state index in [4.69, 9.17) is 28.0 Å². The number of hydrogen-bond acceptors (Lipinski definition) is 7. The van der Waals surface area contributed by atoms with Gasteiger partial charge in [0.05, 0.1) is 16.4 Å². The largest absolute Gasteiger partial charge is 0.382 e. The number of imide groups is 1. The van der Waals surface area contributed by atoms with Crippen LogP contribution >= 0.6 is 39.1 Å². The summed E-state index contributed by atoms with van der Waals surface area (Å²) in [5.41, 5.74) is 2.05. The Hall–Kier alpha value is -3.48. The first kappa shape index (κ1) is 25.6. The number of anilines is 1. The zero-order chi connectivity index (χ0) is 26.0. The van der Waals surface area contributed by atoms with Gasteiger partial charge in [-0.1, -0.05) is 28.4 Å². The average molecular weight is 595 g/mol. The van der Waals surface area contributed by atoms with Crippen molar-refractivity contribution in [3.63, 3.8) is 0 Å². The van der Waals surface area contributed by atoms with E-state index in [1.165, 1.54) is 24.0 Å². The van der Waals surface area contributed by atoms with E-state index in [0.717, 1.165) is 0 Å². The van der Waals surface area contributed by atoms with Gasteiger partial charge in [0.1, 0.15) is 10.3 Å². The molecule has 0 radical (unpaired) electrons. The normalized spacial score (nSPS) is 14.6. The van der Waals surface area contributed by atoms with Crippen molar-refractivity contribution in [3.8, 4) is 5.82 Å². The second kappa shape index (κ2) is 10.6. The van der Waals surface area contributed by atoms with Crippen molar-refractivity contribution in [2.24, 2.45) is 5.16 Å². The molecule has 3 heterocycles. The number of oxime groups is 1. The van der Waals surface area contributed by atoms with Gasteiger partial charge < -0.3 is 15.5 Å². The Morgan fingerprint density at radius 2 is 2.00 bits per heavy atom. The Labute approximate surface area is 223 Å². The lowest BCUT2D eigenvalue weighted by molar-refractivity contribution is -0.129. The fraction of sp³-hybridized carbons (Fsp3) is 0.182. The molecule has 0 saturated carbocycles. The predicted octanol–water partition coefficient (Wildman–Crippen LogP) is 3.85. The summed E-state index contributed by atoms with van der Waals surface area (Å²) in [6.07, 6.45) is 0.566. The van der Waals surface area contributed by atoms with E-state index in [9.17, 15) is 14.4 Å². The molecule has 36 heavy (non-hydrogen) atoms.